The van der Waals surface area contributed by atoms with Crippen molar-refractivity contribution in [1.82, 2.24) is 9.55 Å². The van der Waals surface area contributed by atoms with E-state index >= 15 is 0 Å². The zero-order valence-electron chi connectivity index (χ0n) is 12.7. The smallest absolute Gasteiger partial charge is 0.0994 e. The van der Waals surface area contributed by atoms with Crippen LogP contribution in [-0.2, 0) is 6.42 Å². The first-order valence-electron chi connectivity index (χ1n) is 7.50. The average Bonchev–Trinajstić information content (AvgIpc) is 2.94. The highest BCUT2D eigenvalue weighted by atomic mass is 15.1. The van der Waals surface area contributed by atoms with Crippen molar-refractivity contribution in [3.05, 3.63) is 48.0 Å². The zero-order valence-corrected chi connectivity index (χ0v) is 12.7. The summed E-state index contributed by atoms with van der Waals surface area (Å²) in [5, 5.41) is 0. The average molecular weight is 271 g/mol. The van der Waals surface area contributed by atoms with Gasteiger partial charge in [0.15, 0.2) is 0 Å². The Morgan fingerprint density at radius 1 is 1.20 bits per heavy atom. The standard InChI is InChI=1S/C17H25N3/c1-4-5-6-14-7-9-15(10-8-14)20-12-19-11-16(20)17(18)13(2)3/h7-13,17H,4-6,18H2,1-3H3. The third-order valence-corrected chi connectivity index (χ3v) is 3.76. The molecule has 1 unspecified atom stereocenters. The molecule has 0 bridgehead atoms. The summed E-state index contributed by atoms with van der Waals surface area (Å²) in [5.74, 6) is 0.397. The Labute approximate surface area is 121 Å². The Balaban J connectivity index is 2.22. The quantitative estimate of drug-likeness (QED) is 0.866. The van der Waals surface area contributed by atoms with Crippen molar-refractivity contribution in [1.29, 1.82) is 0 Å². The van der Waals surface area contributed by atoms with Gasteiger partial charge in [0.2, 0.25) is 0 Å². The van der Waals surface area contributed by atoms with E-state index in [1.165, 1.54) is 18.4 Å². The minimum absolute atomic E-state index is 0.0114. The molecule has 0 aliphatic rings. The van der Waals surface area contributed by atoms with Crippen LogP contribution in [0, 0.1) is 5.92 Å². The van der Waals surface area contributed by atoms with Gasteiger partial charge in [-0.1, -0.05) is 39.3 Å². The number of nitrogens with zero attached hydrogens (tertiary/aromatic N) is 2. The monoisotopic (exact) mass is 271 g/mol. The molecule has 0 amide bonds. The van der Waals surface area contributed by atoms with Gasteiger partial charge >= 0.3 is 0 Å². The van der Waals surface area contributed by atoms with E-state index < -0.39 is 0 Å². The van der Waals surface area contributed by atoms with Crippen LogP contribution in [0.5, 0.6) is 0 Å². The maximum atomic E-state index is 6.26. The van der Waals surface area contributed by atoms with Crippen molar-refractivity contribution in [3.8, 4) is 5.69 Å². The molecule has 3 heteroatoms. The summed E-state index contributed by atoms with van der Waals surface area (Å²) in [6.07, 6.45) is 7.35. The normalized spacial score (nSPS) is 12.8. The Hall–Kier alpha value is -1.61. The Morgan fingerprint density at radius 2 is 1.90 bits per heavy atom. The molecule has 2 N–H and O–H groups in total. The molecule has 0 saturated heterocycles. The summed E-state index contributed by atoms with van der Waals surface area (Å²) >= 11 is 0. The fourth-order valence-corrected chi connectivity index (χ4v) is 2.31. The van der Waals surface area contributed by atoms with Crippen LogP contribution >= 0.6 is 0 Å². The first-order valence-corrected chi connectivity index (χ1v) is 7.50. The summed E-state index contributed by atoms with van der Waals surface area (Å²) in [5.41, 5.74) is 9.85. The van der Waals surface area contributed by atoms with Crippen LogP contribution < -0.4 is 5.73 Å². The number of imidazole rings is 1. The predicted molar refractivity (Wildman–Crippen MR) is 83.9 cm³/mol. The van der Waals surface area contributed by atoms with Crippen LogP contribution in [0.15, 0.2) is 36.8 Å². The minimum atomic E-state index is 0.0114. The number of unbranched alkanes of at least 4 members (excludes halogenated alkanes) is 1. The first-order chi connectivity index (χ1) is 9.63. The highest BCUT2D eigenvalue weighted by Crippen LogP contribution is 2.22. The molecular weight excluding hydrogens is 246 g/mol. The van der Waals surface area contributed by atoms with Crippen LogP contribution in [0.4, 0.5) is 0 Å². The van der Waals surface area contributed by atoms with Gasteiger partial charge in [-0.05, 0) is 36.5 Å². The van der Waals surface area contributed by atoms with E-state index in [2.05, 4.69) is 54.6 Å². The van der Waals surface area contributed by atoms with E-state index in [9.17, 15) is 0 Å². The van der Waals surface area contributed by atoms with Crippen molar-refractivity contribution >= 4 is 0 Å². The number of rotatable bonds is 6. The molecule has 1 aromatic carbocycles. The van der Waals surface area contributed by atoms with Gasteiger partial charge in [0.1, 0.15) is 0 Å². The van der Waals surface area contributed by atoms with Crippen LogP contribution in [0.25, 0.3) is 5.69 Å². The van der Waals surface area contributed by atoms with Crippen molar-refractivity contribution in [3.63, 3.8) is 0 Å². The molecule has 1 heterocycles. The Bertz CT molecular complexity index is 525. The van der Waals surface area contributed by atoms with Crippen LogP contribution in [-0.4, -0.2) is 9.55 Å². The maximum Gasteiger partial charge on any atom is 0.0994 e. The van der Waals surface area contributed by atoms with Gasteiger partial charge in [-0.2, -0.15) is 0 Å². The molecule has 3 nitrogen and oxygen atoms in total. The molecule has 0 aliphatic carbocycles. The number of hydrogen-bond donors (Lipinski definition) is 1. The summed E-state index contributed by atoms with van der Waals surface area (Å²) in [6, 6.07) is 8.73. The molecule has 20 heavy (non-hydrogen) atoms. The first kappa shape index (κ1) is 14.8. The fourth-order valence-electron chi connectivity index (χ4n) is 2.31. The lowest BCUT2D eigenvalue weighted by Crippen LogP contribution is -2.19. The maximum absolute atomic E-state index is 6.26. The van der Waals surface area contributed by atoms with E-state index in [0.29, 0.717) is 5.92 Å². The van der Waals surface area contributed by atoms with Gasteiger partial charge < -0.3 is 10.3 Å². The van der Waals surface area contributed by atoms with Gasteiger partial charge in [0.05, 0.1) is 18.2 Å². The molecule has 0 saturated carbocycles. The number of aromatic nitrogens is 2. The van der Waals surface area contributed by atoms with Gasteiger partial charge in [0.25, 0.3) is 0 Å². The molecule has 0 radical (unpaired) electrons. The molecule has 0 fully saturated rings. The van der Waals surface area contributed by atoms with Crippen molar-refractivity contribution in [2.24, 2.45) is 11.7 Å². The third-order valence-electron chi connectivity index (χ3n) is 3.76. The van der Waals surface area contributed by atoms with E-state index in [1.807, 2.05) is 12.5 Å². The second kappa shape index (κ2) is 6.71. The summed E-state index contributed by atoms with van der Waals surface area (Å²) in [4.78, 5) is 4.26. The molecule has 0 spiro atoms. The number of hydrogen-bond acceptors (Lipinski definition) is 2. The molecule has 1 aromatic heterocycles. The van der Waals surface area contributed by atoms with E-state index in [-0.39, 0.29) is 6.04 Å². The molecule has 1 atom stereocenters. The van der Waals surface area contributed by atoms with Gasteiger partial charge in [-0.3, -0.25) is 0 Å². The lowest BCUT2D eigenvalue weighted by molar-refractivity contribution is 0.497. The third kappa shape index (κ3) is 3.28. The summed E-state index contributed by atoms with van der Waals surface area (Å²) in [7, 11) is 0. The SMILES string of the molecule is CCCCc1ccc(-n2cncc2C(N)C(C)C)cc1. The van der Waals surface area contributed by atoms with Crippen molar-refractivity contribution in [2.75, 3.05) is 0 Å². The largest absolute Gasteiger partial charge is 0.322 e. The molecular formula is C17H25N3. The molecule has 2 aromatic rings. The highest BCUT2D eigenvalue weighted by Gasteiger charge is 2.15. The Morgan fingerprint density at radius 3 is 2.50 bits per heavy atom. The molecule has 2 rings (SSSR count). The van der Waals surface area contributed by atoms with Crippen LogP contribution in [0.3, 0.4) is 0 Å². The van der Waals surface area contributed by atoms with Crippen molar-refractivity contribution in [2.45, 2.75) is 46.1 Å². The molecule has 0 aliphatic heterocycles. The van der Waals surface area contributed by atoms with Gasteiger partial charge in [0, 0.05) is 11.7 Å². The Kier molecular flexibility index (Phi) is 4.96. The lowest BCUT2D eigenvalue weighted by atomic mass is 10.0. The number of benzene rings is 1. The second-order valence-corrected chi connectivity index (χ2v) is 5.73. The number of nitrogens with two attached hydrogens (primary N) is 1. The minimum Gasteiger partial charge on any atom is -0.322 e. The predicted octanol–water partition coefficient (Wildman–Crippen LogP) is 3.87. The van der Waals surface area contributed by atoms with Gasteiger partial charge in [-0.25, -0.2) is 4.98 Å². The summed E-state index contributed by atoms with van der Waals surface area (Å²) in [6.45, 7) is 6.49. The fraction of sp³-hybridized carbons (Fsp3) is 0.471. The van der Waals surface area contributed by atoms with E-state index in [4.69, 9.17) is 5.73 Å². The van der Waals surface area contributed by atoms with E-state index in [1.54, 1.807) is 0 Å². The van der Waals surface area contributed by atoms with E-state index in [0.717, 1.165) is 17.8 Å². The second-order valence-electron chi connectivity index (χ2n) is 5.73. The number of aryl methyl sites for hydroxylation is 1. The van der Waals surface area contributed by atoms with Crippen LogP contribution in [0.1, 0.15) is 50.9 Å². The zero-order chi connectivity index (χ0) is 14.5. The topological polar surface area (TPSA) is 43.8 Å². The summed E-state index contributed by atoms with van der Waals surface area (Å²) < 4.78 is 2.09. The lowest BCUT2D eigenvalue weighted by Gasteiger charge is -2.18. The van der Waals surface area contributed by atoms with Crippen LogP contribution in [0.2, 0.25) is 0 Å². The highest BCUT2D eigenvalue weighted by molar-refractivity contribution is 5.37. The van der Waals surface area contributed by atoms with Gasteiger partial charge in [-0.15, -0.1) is 0 Å². The van der Waals surface area contributed by atoms with Crippen molar-refractivity contribution < 1.29 is 0 Å². The molecule has 108 valence electrons.